The molecule has 0 aromatic heterocycles. The second kappa shape index (κ2) is 10.1. The summed E-state index contributed by atoms with van der Waals surface area (Å²) in [5, 5.41) is 14.1. The van der Waals surface area contributed by atoms with Crippen molar-refractivity contribution in [2.45, 2.75) is 0 Å². The van der Waals surface area contributed by atoms with E-state index in [1.54, 1.807) is 0 Å². The van der Waals surface area contributed by atoms with Gasteiger partial charge in [0.25, 0.3) is 11.5 Å². The summed E-state index contributed by atoms with van der Waals surface area (Å²) in [6.45, 7) is 0. The fourth-order valence-corrected chi connectivity index (χ4v) is 4.12. The van der Waals surface area contributed by atoms with Gasteiger partial charge in [-0.3, -0.25) is 0 Å². The SMILES string of the molecule is N[S+](N)N.c1ccc([B-](c2ccccc2)(c2ccccc2)c2ccccc2)cc1. The van der Waals surface area contributed by atoms with Crippen LogP contribution < -0.4 is 37.3 Å². The first-order valence-electron chi connectivity index (χ1n) is 9.50. The van der Waals surface area contributed by atoms with Crippen LogP contribution in [0.4, 0.5) is 0 Å². The number of rotatable bonds is 4. The van der Waals surface area contributed by atoms with Gasteiger partial charge < -0.3 is 0 Å². The van der Waals surface area contributed by atoms with E-state index in [1.165, 1.54) is 21.9 Å². The monoisotopic (exact) mass is 399 g/mol. The molecule has 29 heavy (non-hydrogen) atoms. The lowest BCUT2D eigenvalue weighted by Crippen LogP contribution is -2.74. The van der Waals surface area contributed by atoms with Crippen LogP contribution in [0.1, 0.15) is 0 Å². The van der Waals surface area contributed by atoms with Crippen molar-refractivity contribution in [2.24, 2.45) is 15.4 Å². The topological polar surface area (TPSA) is 78.1 Å². The maximum absolute atomic E-state index is 4.69. The lowest BCUT2D eigenvalue weighted by molar-refractivity contribution is 1.66. The molecule has 0 saturated heterocycles. The quantitative estimate of drug-likeness (QED) is 0.358. The van der Waals surface area contributed by atoms with Crippen LogP contribution in [0.15, 0.2) is 121 Å². The largest absolute Gasteiger partial charge is 0.251 e. The van der Waals surface area contributed by atoms with Crippen molar-refractivity contribution in [3.63, 3.8) is 0 Å². The minimum absolute atomic E-state index is 0.861. The van der Waals surface area contributed by atoms with E-state index in [0.29, 0.717) is 0 Å². The van der Waals surface area contributed by atoms with Gasteiger partial charge in [-0.05, 0) is 0 Å². The second-order valence-corrected chi connectivity index (χ2v) is 7.73. The Morgan fingerprint density at radius 1 is 0.379 bits per heavy atom. The van der Waals surface area contributed by atoms with Crippen molar-refractivity contribution in [2.75, 3.05) is 0 Å². The minimum atomic E-state index is -1.22. The van der Waals surface area contributed by atoms with Gasteiger partial charge in [-0.15, -0.1) is 15.4 Å². The Kier molecular flexibility index (Phi) is 7.28. The number of hydrogen-bond donors (Lipinski definition) is 3. The van der Waals surface area contributed by atoms with E-state index in [2.05, 4.69) is 121 Å². The van der Waals surface area contributed by atoms with Gasteiger partial charge in [-0.1, -0.05) is 121 Å². The minimum Gasteiger partial charge on any atom is -0.195 e. The zero-order valence-electron chi connectivity index (χ0n) is 16.3. The first kappa shape index (κ1) is 20.9. The van der Waals surface area contributed by atoms with Crippen molar-refractivity contribution in [3.8, 4) is 0 Å². The lowest BCUT2D eigenvalue weighted by Gasteiger charge is -2.44. The molecule has 0 fully saturated rings. The standard InChI is InChI=1S/C24H20B.H6N3S/c1-5-13-21(14-6-1)25(22-15-7-2-8-16-22,23-17-9-3-10-18-23)24-19-11-4-12-20-24;1-4(2)3/h1-20H;1-3H2/q-1;+1. The normalized spacial score (nSPS) is 10.9. The molecule has 5 heteroatoms. The number of benzene rings is 4. The molecule has 146 valence electrons. The van der Waals surface area contributed by atoms with Crippen molar-refractivity contribution in [3.05, 3.63) is 121 Å². The Hall–Kier alpha value is -2.83. The third kappa shape index (κ3) is 4.78. The summed E-state index contributed by atoms with van der Waals surface area (Å²) >= 11 is -0.861. The molecular weight excluding hydrogens is 373 g/mol. The Morgan fingerprint density at radius 3 is 0.724 bits per heavy atom. The molecule has 6 N–H and O–H groups in total. The van der Waals surface area contributed by atoms with E-state index in [4.69, 9.17) is 15.4 Å². The lowest BCUT2D eigenvalue weighted by atomic mass is 9.13. The van der Waals surface area contributed by atoms with Gasteiger partial charge in [0, 0.05) is 0 Å². The van der Waals surface area contributed by atoms with Gasteiger partial charge in [0.05, 0.1) is 0 Å². The first-order valence-corrected chi connectivity index (χ1v) is 10.9. The molecule has 0 aliphatic carbocycles. The molecule has 3 nitrogen and oxygen atoms in total. The highest BCUT2D eigenvalue weighted by atomic mass is 32.2. The van der Waals surface area contributed by atoms with Gasteiger partial charge in [0.15, 0.2) is 0 Å². The van der Waals surface area contributed by atoms with E-state index in [1.807, 2.05) is 0 Å². The smallest absolute Gasteiger partial charge is 0.195 e. The molecule has 4 aromatic carbocycles. The molecule has 0 heterocycles. The Balaban J connectivity index is 0.000000552. The Bertz CT molecular complexity index is 815. The average molecular weight is 399 g/mol. The van der Waals surface area contributed by atoms with Crippen LogP contribution in [0, 0.1) is 0 Å². The molecule has 0 saturated carbocycles. The third-order valence-electron chi connectivity index (χ3n) is 5.20. The van der Waals surface area contributed by atoms with Crippen LogP contribution in [0.3, 0.4) is 0 Å². The second-order valence-electron chi connectivity index (χ2n) is 6.92. The molecule has 0 radical (unpaired) electrons. The number of nitrogens with two attached hydrogens (primary N) is 3. The zero-order valence-corrected chi connectivity index (χ0v) is 17.1. The predicted octanol–water partition coefficient (Wildman–Crippen LogP) is 1.29. The molecule has 4 aromatic rings. The Morgan fingerprint density at radius 2 is 0.552 bits per heavy atom. The van der Waals surface area contributed by atoms with Gasteiger partial charge >= 0.3 is 0 Å². The van der Waals surface area contributed by atoms with Crippen LogP contribution in [0.25, 0.3) is 0 Å². The van der Waals surface area contributed by atoms with Crippen LogP contribution in [0.2, 0.25) is 0 Å². The summed E-state index contributed by atoms with van der Waals surface area (Å²) in [5.41, 5.74) is 5.36. The molecule has 0 unspecified atom stereocenters. The van der Waals surface area contributed by atoms with Crippen molar-refractivity contribution >= 4 is 39.5 Å². The molecule has 0 bridgehead atoms. The first-order chi connectivity index (χ1) is 14.2. The summed E-state index contributed by atoms with van der Waals surface area (Å²) in [6.07, 6.45) is -1.22. The fourth-order valence-electron chi connectivity index (χ4n) is 4.12. The van der Waals surface area contributed by atoms with Gasteiger partial charge in [-0.25, -0.2) is 0 Å². The Labute approximate surface area is 176 Å². The van der Waals surface area contributed by atoms with Gasteiger partial charge in [0.1, 0.15) is 6.15 Å². The molecule has 4 rings (SSSR count). The molecule has 0 spiro atoms. The van der Waals surface area contributed by atoms with E-state index in [0.717, 1.165) is 0 Å². The number of hydrogen-bond acceptors (Lipinski definition) is 3. The van der Waals surface area contributed by atoms with Crippen LogP contribution in [-0.2, 0) is 11.5 Å². The molecule has 0 aliphatic heterocycles. The molecule has 0 atom stereocenters. The highest BCUT2D eigenvalue weighted by Gasteiger charge is 2.30. The van der Waals surface area contributed by atoms with Gasteiger partial charge in [-0.2, -0.15) is 21.9 Å². The summed E-state index contributed by atoms with van der Waals surface area (Å²) in [6, 6.07) is 43.5. The maximum atomic E-state index is 4.69. The zero-order chi connectivity index (χ0) is 20.5. The van der Waals surface area contributed by atoms with E-state index in [-0.39, 0.29) is 0 Å². The molecule has 0 amide bonds. The van der Waals surface area contributed by atoms with Crippen LogP contribution in [-0.4, -0.2) is 6.15 Å². The predicted molar refractivity (Wildman–Crippen MR) is 130 cm³/mol. The van der Waals surface area contributed by atoms with Gasteiger partial charge in [0.2, 0.25) is 0 Å². The average Bonchev–Trinajstić information content (AvgIpc) is 2.77. The summed E-state index contributed by atoms with van der Waals surface area (Å²) in [4.78, 5) is 0. The molecular formula is C24H26BN3S. The summed E-state index contributed by atoms with van der Waals surface area (Å²) < 4.78 is 0. The third-order valence-corrected chi connectivity index (χ3v) is 5.20. The van der Waals surface area contributed by atoms with E-state index in [9.17, 15) is 0 Å². The fraction of sp³-hybridized carbons (Fsp3) is 0. The summed E-state index contributed by atoms with van der Waals surface area (Å²) in [5.74, 6) is 0. The maximum Gasteiger partial charge on any atom is 0.251 e. The molecule has 0 aliphatic rings. The van der Waals surface area contributed by atoms with E-state index < -0.39 is 17.6 Å². The highest BCUT2D eigenvalue weighted by Crippen LogP contribution is 2.09. The van der Waals surface area contributed by atoms with Crippen molar-refractivity contribution in [1.29, 1.82) is 0 Å². The van der Waals surface area contributed by atoms with Crippen LogP contribution in [0.5, 0.6) is 0 Å². The van der Waals surface area contributed by atoms with Crippen LogP contribution >= 0.6 is 0 Å². The van der Waals surface area contributed by atoms with Crippen molar-refractivity contribution < 1.29 is 0 Å². The highest BCUT2D eigenvalue weighted by molar-refractivity contribution is 7.90. The van der Waals surface area contributed by atoms with E-state index >= 15 is 0 Å². The summed E-state index contributed by atoms with van der Waals surface area (Å²) in [7, 11) is 0. The van der Waals surface area contributed by atoms with Crippen molar-refractivity contribution in [1.82, 2.24) is 0 Å².